The maximum atomic E-state index is 14.0. The molecule has 5 heteroatoms. The van der Waals surface area contributed by atoms with Crippen LogP contribution in [0.15, 0.2) is 30.3 Å². The molecular formula is C15H15FN2O2. The Morgan fingerprint density at radius 2 is 1.90 bits per heavy atom. The molecule has 0 aliphatic rings. The summed E-state index contributed by atoms with van der Waals surface area (Å²) in [6.45, 7) is 1.45. The first-order chi connectivity index (χ1) is 9.45. The lowest BCUT2D eigenvalue weighted by molar-refractivity contribution is 0.0961. The Hall–Kier alpha value is -2.43. The van der Waals surface area contributed by atoms with E-state index in [4.69, 9.17) is 0 Å². The predicted octanol–water partition coefficient (Wildman–Crippen LogP) is 2.39. The van der Waals surface area contributed by atoms with Crippen molar-refractivity contribution in [2.45, 2.75) is 6.92 Å². The standard InChI is InChI=1S/C15H15FN2O2/c1-9(19)13-6-7-14(18(13)3)11-8-10(15(20)17-2)4-5-12(11)16/h4-8H,1-3H3,(H,17,20). The summed E-state index contributed by atoms with van der Waals surface area (Å²) in [6, 6.07) is 7.46. The van der Waals surface area contributed by atoms with Crippen LogP contribution in [0, 0.1) is 5.82 Å². The van der Waals surface area contributed by atoms with Crippen molar-refractivity contribution in [1.29, 1.82) is 0 Å². The first-order valence-corrected chi connectivity index (χ1v) is 6.14. The van der Waals surface area contributed by atoms with Crippen LogP contribution < -0.4 is 5.32 Å². The van der Waals surface area contributed by atoms with Gasteiger partial charge in [0, 0.05) is 32.1 Å². The molecule has 0 aliphatic heterocycles. The molecule has 104 valence electrons. The lowest BCUT2D eigenvalue weighted by Gasteiger charge is -2.09. The summed E-state index contributed by atoms with van der Waals surface area (Å²) in [5, 5.41) is 2.50. The summed E-state index contributed by atoms with van der Waals surface area (Å²) in [5.41, 5.74) is 1.71. The third-order valence-corrected chi connectivity index (χ3v) is 3.21. The normalized spacial score (nSPS) is 10.4. The molecule has 0 aliphatic carbocycles. The summed E-state index contributed by atoms with van der Waals surface area (Å²) in [4.78, 5) is 23.1. The van der Waals surface area contributed by atoms with Crippen LogP contribution in [0.3, 0.4) is 0 Å². The fraction of sp³-hybridized carbons (Fsp3) is 0.200. The van der Waals surface area contributed by atoms with Crippen molar-refractivity contribution in [2.24, 2.45) is 7.05 Å². The summed E-state index contributed by atoms with van der Waals surface area (Å²) < 4.78 is 15.6. The Kier molecular flexibility index (Phi) is 3.70. The number of carbonyl (C=O) groups is 2. The number of hydrogen-bond donors (Lipinski definition) is 1. The lowest BCUT2D eigenvalue weighted by atomic mass is 10.1. The topological polar surface area (TPSA) is 51.1 Å². The monoisotopic (exact) mass is 274 g/mol. The highest BCUT2D eigenvalue weighted by Gasteiger charge is 2.15. The number of benzene rings is 1. The molecule has 4 nitrogen and oxygen atoms in total. The minimum absolute atomic E-state index is 0.0957. The van der Waals surface area contributed by atoms with Gasteiger partial charge < -0.3 is 9.88 Å². The number of aromatic nitrogens is 1. The molecule has 2 aromatic rings. The molecule has 2 rings (SSSR count). The molecule has 1 aromatic heterocycles. The molecule has 1 amide bonds. The van der Waals surface area contributed by atoms with Gasteiger partial charge in [-0.25, -0.2) is 4.39 Å². The van der Waals surface area contributed by atoms with Gasteiger partial charge in [-0.2, -0.15) is 0 Å². The summed E-state index contributed by atoms with van der Waals surface area (Å²) in [7, 11) is 3.21. The molecule has 0 bridgehead atoms. The lowest BCUT2D eigenvalue weighted by Crippen LogP contribution is -2.17. The van der Waals surface area contributed by atoms with E-state index >= 15 is 0 Å². The zero-order chi connectivity index (χ0) is 14.9. The van der Waals surface area contributed by atoms with Crippen molar-refractivity contribution in [3.05, 3.63) is 47.4 Å². The molecule has 0 saturated carbocycles. The molecule has 0 atom stereocenters. The summed E-state index contributed by atoms with van der Waals surface area (Å²) >= 11 is 0. The maximum Gasteiger partial charge on any atom is 0.251 e. The van der Waals surface area contributed by atoms with Gasteiger partial charge in [-0.15, -0.1) is 0 Å². The first kappa shape index (κ1) is 14.0. The van der Waals surface area contributed by atoms with Gasteiger partial charge in [-0.3, -0.25) is 9.59 Å². The fourth-order valence-electron chi connectivity index (χ4n) is 2.14. The van der Waals surface area contributed by atoms with E-state index in [0.717, 1.165) is 0 Å². The predicted molar refractivity (Wildman–Crippen MR) is 74.2 cm³/mol. The van der Waals surface area contributed by atoms with Crippen molar-refractivity contribution in [1.82, 2.24) is 9.88 Å². The third kappa shape index (κ3) is 2.34. The van der Waals surface area contributed by atoms with Crippen molar-refractivity contribution in [3.63, 3.8) is 0 Å². The van der Waals surface area contributed by atoms with E-state index in [9.17, 15) is 14.0 Å². The van der Waals surface area contributed by atoms with Gasteiger partial charge in [-0.1, -0.05) is 0 Å². The number of Topliss-reactive ketones (excluding diaryl/α,β-unsaturated/α-hetero) is 1. The van der Waals surface area contributed by atoms with Crippen molar-refractivity contribution >= 4 is 11.7 Å². The third-order valence-electron chi connectivity index (χ3n) is 3.21. The SMILES string of the molecule is CNC(=O)c1ccc(F)c(-c2ccc(C(C)=O)n2C)c1. The van der Waals surface area contributed by atoms with E-state index in [1.807, 2.05) is 0 Å². The fourth-order valence-corrected chi connectivity index (χ4v) is 2.14. The van der Waals surface area contributed by atoms with Gasteiger partial charge in [0.2, 0.25) is 0 Å². The minimum Gasteiger partial charge on any atom is -0.355 e. The highest BCUT2D eigenvalue weighted by atomic mass is 19.1. The molecule has 0 saturated heterocycles. The number of amides is 1. The number of rotatable bonds is 3. The second kappa shape index (κ2) is 5.28. The number of carbonyl (C=O) groups excluding carboxylic acids is 2. The molecule has 0 unspecified atom stereocenters. The number of halogens is 1. The molecule has 1 aromatic carbocycles. The van der Waals surface area contributed by atoms with E-state index in [1.54, 1.807) is 23.7 Å². The van der Waals surface area contributed by atoms with Gasteiger partial charge in [0.25, 0.3) is 5.91 Å². The van der Waals surface area contributed by atoms with Crippen LogP contribution in [0.4, 0.5) is 4.39 Å². The van der Waals surface area contributed by atoms with Gasteiger partial charge in [0.1, 0.15) is 5.82 Å². The first-order valence-electron chi connectivity index (χ1n) is 6.14. The quantitative estimate of drug-likeness (QED) is 0.874. The summed E-state index contributed by atoms with van der Waals surface area (Å²) in [6.07, 6.45) is 0. The van der Waals surface area contributed by atoms with Crippen LogP contribution >= 0.6 is 0 Å². The van der Waals surface area contributed by atoms with E-state index in [-0.39, 0.29) is 11.7 Å². The van der Waals surface area contributed by atoms with E-state index in [0.29, 0.717) is 22.5 Å². The highest BCUT2D eigenvalue weighted by molar-refractivity contribution is 5.96. The average molecular weight is 274 g/mol. The Labute approximate surface area is 116 Å². The van der Waals surface area contributed by atoms with Crippen LogP contribution in [0.5, 0.6) is 0 Å². The van der Waals surface area contributed by atoms with Crippen molar-refractivity contribution in [2.75, 3.05) is 7.05 Å². The Bertz CT molecular complexity index is 689. The van der Waals surface area contributed by atoms with E-state index in [1.165, 1.54) is 32.2 Å². The van der Waals surface area contributed by atoms with Crippen molar-refractivity contribution < 1.29 is 14.0 Å². The zero-order valence-electron chi connectivity index (χ0n) is 11.5. The van der Waals surface area contributed by atoms with Gasteiger partial charge >= 0.3 is 0 Å². The Balaban J connectivity index is 2.57. The zero-order valence-corrected chi connectivity index (χ0v) is 11.5. The van der Waals surface area contributed by atoms with Gasteiger partial charge in [0.05, 0.1) is 11.4 Å². The highest BCUT2D eigenvalue weighted by Crippen LogP contribution is 2.26. The number of nitrogens with zero attached hydrogens (tertiary/aromatic N) is 1. The minimum atomic E-state index is -0.436. The average Bonchev–Trinajstić information content (AvgIpc) is 2.80. The number of nitrogens with one attached hydrogen (secondary N) is 1. The Morgan fingerprint density at radius 3 is 2.45 bits per heavy atom. The smallest absolute Gasteiger partial charge is 0.251 e. The van der Waals surface area contributed by atoms with Crippen LogP contribution in [-0.2, 0) is 7.05 Å². The molecular weight excluding hydrogens is 259 g/mol. The van der Waals surface area contributed by atoms with Crippen LogP contribution in [0.25, 0.3) is 11.3 Å². The number of hydrogen-bond acceptors (Lipinski definition) is 2. The van der Waals surface area contributed by atoms with E-state index < -0.39 is 5.82 Å². The molecule has 0 fully saturated rings. The molecule has 1 heterocycles. The molecule has 1 N–H and O–H groups in total. The second-order valence-electron chi connectivity index (χ2n) is 4.49. The summed E-state index contributed by atoms with van der Waals surface area (Å²) in [5.74, 6) is -0.817. The molecule has 0 spiro atoms. The molecule has 0 radical (unpaired) electrons. The Morgan fingerprint density at radius 1 is 1.20 bits per heavy atom. The van der Waals surface area contributed by atoms with Gasteiger partial charge in [0.15, 0.2) is 5.78 Å². The van der Waals surface area contributed by atoms with Crippen LogP contribution in [0.1, 0.15) is 27.8 Å². The largest absolute Gasteiger partial charge is 0.355 e. The maximum absolute atomic E-state index is 14.0. The second-order valence-corrected chi connectivity index (χ2v) is 4.49. The van der Waals surface area contributed by atoms with E-state index in [2.05, 4.69) is 5.32 Å². The van der Waals surface area contributed by atoms with Crippen LogP contribution in [0.2, 0.25) is 0 Å². The van der Waals surface area contributed by atoms with Crippen LogP contribution in [-0.4, -0.2) is 23.3 Å². The molecule has 20 heavy (non-hydrogen) atoms. The number of ketones is 1. The van der Waals surface area contributed by atoms with Crippen molar-refractivity contribution in [3.8, 4) is 11.3 Å². The van der Waals surface area contributed by atoms with Gasteiger partial charge in [-0.05, 0) is 30.3 Å².